The Morgan fingerprint density at radius 3 is 2.47 bits per heavy atom. The summed E-state index contributed by atoms with van der Waals surface area (Å²) in [6.45, 7) is 7.93. The van der Waals surface area contributed by atoms with E-state index in [1.54, 1.807) is 20.9 Å². The highest BCUT2D eigenvalue weighted by atomic mass is 16.1. The zero-order chi connectivity index (χ0) is 12.1. The third kappa shape index (κ3) is 4.00. The maximum absolute atomic E-state index is 11.5. The Balaban J connectivity index is 4.88. The molecule has 0 aliphatic heterocycles. The molecule has 15 heavy (non-hydrogen) atoms. The number of nitrogens with two attached hydrogens (primary N) is 1. The molecule has 88 valence electrons. The molecule has 3 N–H and O–H groups in total. The molecule has 0 aliphatic rings. The number of nitrogens with one attached hydrogen (secondary N) is 1. The van der Waals surface area contributed by atoms with E-state index in [4.69, 9.17) is 5.73 Å². The lowest BCUT2D eigenvalue weighted by Crippen LogP contribution is -2.43. The number of rotatable bonds is 6. The minimum Gasteiger partial charge on any atom is -0.387 e. The first-order valence-corrected chi connectivity index (χ1v) is 5.38. The molecule has 0 saturated heterocycles. The van der Waals surface area contributed by atoms with Gasteiger partial charge in [0.15, 0.2) is 5.78 Å². The highest BCUT2D eigenvalue weighted by molar-refractivity contribution is 5.91. The minimum absolute atomic E-state index is 0.0307. The van der Waals surface area contributed by atoms with Crippen molar-refractivity contribution < 1.29 is 4.79 Å². The van der Waals surface area contributed by atoms with Crippen LogP contribution in [0.2, 0.25) is 0 Å². The molecule has 0 saturated carbocycles. The van der Waals surface area contributed by atoms with Crippen molar-refractivity contribution in [3.8, 4) is 0 Å². The van der Waals surface area contributed by atoms with E-state index < -0.39 is 5.54 Å². The zero-order valence-electron chi connectivity index (χ0n) is 10.4. The van der Waals surface area contributed by atoms with Gasteiger partial charge in [-0.2, -0.15) is 0 Å². The van der Waals surface area contributed by atoms with E-state index in [0.717, 1.165) is 6.42 Å². The first-order valence-electron chi connectivity index (χ1n) is 5.38. The first-order chi connectivity index (χ1) is 6.87. The van der Waals surface area contributed by atoms with E-state index in [9.17, 15) is 4.79 Å². The fourth-order valence-electron chi connectivity index (χ4n) is 1.19. The molecule has 4 heteroatoms. The van der Waals surface area contributed by atoms with Crippen LogP contribution >= 0.6 is 0 Å². The van der Waals surface area contributed by atoms with Crippen LogP contribution in [0.25, 0.3) is 0 Å². The summed E-state index contributed by atoms with van der Waals surface area (Å²) < 4.78 is 0. The predicted octanol–water partition coefficient (Wildman–Crippen LogP) is 0.957. The molecule has 0 spiro atoms. The lowest BCUT2D eigenvalue weighted by molar-refractivity contribution is -0.121. The van der Waals surface area contributed by atoms with Gasteiger partial charge in [-0.15, -0.1) is 0 Å². The van der Waals surface area contributed by atoms with E-state index >= 15 is 0 Å². The van der Waals surface area contributed by atoms with Gasteiger partial charge in [0, 0.05) is 12.5 Å². The lowest BCUT2D eigenvalue weighted by atomic mass is 9.97. The van der Waals surface area contributed by atoms with Crippen molar-refractivity contribution in [1.82, 2.24) is 5.32 Å². The summed E-state index contributed by atoms with van der Waals surface area (Å²) in [5.74, 6) is 0.814. The van der Waals surface area contributed by atoms with Gasteiger partial charge in [-0.05, 0) is 27.3 Å². The second-order valence-corrected chi connectivity index (χ2v) is 4.21. The topological polar surface area (TPSA) is 67.5 Å². The lowest BCUT2D eigenvalue weighted by Gasteiger charge is -2.23. The molecule has 0 heterocycles. The normalized spacial score (nSPS) is 18.3. The number of aliphatic imine (C=N–C) groups is 1. The van der Waals surface area contributed by atoms with Gasteiger partial charge in [-0.1, -0.05) is 13.8 Å². The van der Waals surface area contributed by atoms with E-state index in [0.29, 0.717) is 12.4 Å². The molecular weight excluding hydrogens is 190 g/mol. The van der Waals surface area contributed by atoms with Crippen molar-refractivity contribution in [3.63, 3.8) is 0 Å². The van der Waals surface area contributed by atoms with Gasteiger partial charge >= 0.3 is 0 Å². The number of ketones is 1. The maximum Gasteiger partial charge on any atom is 0.158 e. The molecule has 0 aromatic carbocycles. The van der Waals surface area contributed by atoms with E-state index in [-0.39, 0.29) is 11.7 Å². The van der Waals surface area contributed by atoms with E-state index in [1.807, 2.05) is 6.92 Å². The summed E-state index contributed by atoms with van der Waals surface area (Å²) in [5.41, 5.74) is 5.12. The fraction of sp³-hybridized carbons (Fsp3) is 0.818. The molecule has 0 rings (SSSR count). The van der Waals surface area contributed by atoms with Crippen LogP contribution in [0.15, 0.2) is 4.99 Å². The van der Waals surface area contributed by atoms with Crippen LogP contribution in [0.1, 0.15) is 34.1 Å². The number of carbonyl (C=O) groups is 1. The van der Waals surface area contributed by atoms with Crippen molar-refractivity contribution in [2.45, 2.75) is 39.7 Å². The molecule has 2 unspecified atom stereocenters. The van der Waals surface area contributed by atoms with Crippen molar-refractivity contribution in [2.75, 3.05) is 13.6 Å². The van der Waals surface area contributed by atoms with Crippen LogP contribution in [-0.2, 0) is 4.79 Å². The van der Waals surface area contributed by atoms with Crippen LogP contribution in [-0.4, -0.2) is 30.8 Å². The van der Waals surface area contributed by atoms with Crippen LogP contribution in [0.4, 0.5) is 0 Å². The zero-order valence-corrected chi connectivity index (χ0v) is 10.4. The molecule has 0 aliphatic carbocycles. The van der Waals surface area contributed by atoms with E-state index in [1.165, 1.54) is 0 Å². The number of hydrogen-bond donors (Lipinski definition) is 2. The average Bonchev–Trinajstić information content (AvgIpc) is 2.16. The second-order valence-electron chi connectivity index (χ2n) is 4.21. The molecule has 0 fully saturated rings. The predicted molar refractivity (Wildman–Crippen MR) is 64.1 cm³/mol. The largest absolute Gasteiger partial charge is 0.387 e. The minimum atomic E-state index is -0.734. The van der Waals surface area contributed by atoms with Crippen molar-refractivity contribution in [1.29, 1.82) is 0 Å². The summed E-state index contributed by atoms with van der Waals surface area (Å²) in [6, 6.07) is 0. The Morgan fingerprint density at radius 1 is 1.60 bits per heavy atom. The third-order valence-corrected chi connectivity index (χ3v) is 2.77. The summed E-state index contributed by atoms with van der Waals surface area (Å²) in [5, 5.41) is 2.97. The number of carbonyl (C=O) groups excluding carboxylic acids is 1. The van der Waals surface area contributed by atoms with Gasteiger partial charge in [0.1, 0.15) is 5.54 Å². The van der Waals surface area contributed by atoms with Crippen molar-refractivity contribution in [2.24, 2.45) is 16.6 Å². The number of nitrogens with zero attached hydrogens (tertiary/aromatic N) is 1. The van der Waals surface area contributed by atoms with Crippen LogP contribution in [0, 0.1) is 5.92 Å². The molecular formula is C11H23N3O. The fourth-order valence-corrected chi connectivity index (χ4v) is 1.19. The third-order valence-electron chi connectivity index (χ3n) is 2.77. The monoisotopic (exact) mass is 213 g/mol. The highest BCUT2D eigenvalue weighted by Crippen LogP contribution is 2.13. The number of amidine groups is 1. The number of Topliss-reactive ketones (excluding diaryl/α,β-unsaturated/α-hetero) is 1. The van der Waals surface area contributed by atoms with Crippen LogP contribution in [0.3, 0.4) is 0 Å². The molecule has 2 atom stereocenters. The maximum atomic E-state index is 11.5. The second kappa shape index (κ2) is 5.85. The molecule has 4 nitrogen and oxygen atoms in total. The Kier molecular flexibility index (Phi) is 5.50. The quantitative estimate of drug-likeness (QED) is 0.510. The molecule has 0 amide bonds. The Morgan fingerprint density at radius 2 is 2.13 bits per heavy atom. The molecule has 0 aromatic rings. The van der Waals surface area contributed by atoms with Gasteiger partial charge in [-0.3, -0.25) is 9.79 Å². The summed E-state index contributed by atoms with van der Waals surface area (Å²) in [7, 11) is 1.80. The Labute approximate surface area is 92.3 Å². The van der Waals surface area contributed by atoms with Gasteiger partial charge in [0.2, 0.25) is 0 Å². The van der Waals surface area contributed by atoms with Crippen molar-refractivity contribution in [3.05, 3.63) is 0 Å². The SMILES string of the molecule is CCC(C)C(N)=NC(C)(CNC)C(C)=O. The van der Waals surface area contributed by atoms with Gasteiger partial charge in [0.25, 0.3) is 0 Å². The van der Waals surface area contributed by atoms with E-state index in [2.05, 4.69) is 17.2 Å². The van der Waals surface area contributed by atoms with Gasteiger partial charge in [-0.25, -0.2) is 0 Å². The summed E-state index contributed by atoms with van der Waals surface area (Å²) in [4.78, 5) is 15.9. The highest BCUT2D eigenvalue weighted by Gasteiger charge is 2.29. The van der Waals surface area contributed by atoms with Crippen LogP contribution < -0.4 is 11.1 Å². The Hall–Kier alpha value is -0.900. The first kappa shape index (κ1) is 14.1. The van der Waals surface area contributed by atoms with Crippen molar-refractivity contribution >= 4 is 11.6 Å². The summed E-state index contributed by atoms with van der Waals surface area (Å²) >= 11 is 0. The molecule has 0 bridgehead atoms. The smallest absolute Gasteiger partial charge is 0.158 e. The average molecular weight is 213 g/mol. The molecule has 0 radical (unpaired) electrons. The Bertz CT molecular complexity index is 250. The van der Waals surface area contributed by atoms with Gasteiger partial charge in [0.05, 0.1) is 5.84 Å². The standard InChI is InChI=1S/C11H23N3O/c1-6-8(2)10(12)14-11(4,7-13-5)9(3)15/h8,13H,6-7H2,1-5H3,(H2,12,14). The summed E-state index contributed by atoms with van der Waals surface area (Å²) in [6.07, 6.45) is 0.933. The number of likely N-dealkylation sites (N-methyl/N-ethyl adjacent to an activating group) is 1. The van der Waals surface area contributed by atoms with Crippen LogP contribution in [0.5, 0.6) is 0 Å². The van der Waals surface area contributed by atoms with Gasteiger partial charge < -0.3 is 11.1 Å². The number of hydrogen-bond acceptors (Lipinski definition) is 3. The molecule has 0 aromatic heterocycles.